The van der Waals surface area contributed by atoms with Crippen molar-refractivity contribution in [3.8, 4) is 5.75 Å². The average molecular weight is 316 g/mol. The molecule has 0 radical (unpaired) electrons. The highest BCUT2D eigenvalue weighted by molar-refractivity contribution is 9.10. The van der Waals surface area contributed by atoms with Gasteiger partial charge in [-0.1, -0.05) is 15.9 Å². The molecule has 1 unspecified atom stereocenters. The fourth-order valence-electron chi connectivity index (χ4n) is 1.98. The summed E-state index contributed by atoms with van der Waals surface area (Å²) in [6.07, 6.45) is 1.14. The molecule has 0 aromatic heterocycles. The Morgan fingerprint density at radius 3 is 3.17 bits per heavy atom. The zero-order chi connectivity index (χ0) is 12.8. The van der Waals surface area contributed by atoms with Crippen LogP contribution in [0, 0.1) is 0 Å². The molecule has 0 amide bonds. The van der Waals surface area contributed by atoms with Crippen LogP contribution in [0.5, 0.6) is 5.75 Å². The molecule has 0 spiro atoms. The van der Waals surface area contributed by atoms with Crippen LogP contribution in [0.25, 0.3) is 0 Å². The van der Waals surface area contributed by atoms with E-state index in [2.05, 4.69) is 27.3 Å². The monoisotopic (exact) mass is 315 g/mol. The van der Waals surface area contributed by atoms with Crippen molar-refractivity contribution < 1.29 is 14.6 Å². The van der Waals surface area contributed by atoms with Crippen molar-refractivity contribution in [1.82, 2.24) is 5.32 Å². The lowest BCUT2D eigenvalue weighted by Gasteiger charge is -2.11. The summed E-state index contributed by atoms with van der Waals surface area (Å²) in [5, 5.41) is 11.8. The summed E-state index contributed by atoms with van der Waals surface area (Å²) in [6.45, 7) is 2.69. The van der Waals surface area contributed by atoms with Gasteiger partial charge in [0.2, 0.25) is 0 Å². The van der Waals surface area contributed by atoms with E-state index in [1.54, 1.807) is 0 Å². The third-order valence-corrected chi connectivity index (χ3v) is 3.29. The number of rotatable bonds is 7. The first-order valence-corrected chi connectivity index (χ1v) is 6.93. The molecule has 100 valence electrons. The van der Waals surface area contributed by atoms with E-state index in [0.717, 1.165) is 29.7 Å². The van der Waals surface area contributed by atoms with Crippen molar-refractivity contribution in [2.24, 2.45) is 0 Å². The Morgan fingerprint density at radius 2 is 2.33 bits per heavy atom. The van der Waals surface area contributed by atoms with Crippen LogP contribution < -0.4 is 10.1 Å². The number of benzene rings is 1. The minimum Gasteiger partial charge on any atom is -0.488 e. The molecule has 0 fully saturated rings. The van der Waals surface area contributed by atoms with E-state index in [-0.39, 0.29) is 12.7 Å². The second-order valence-electron chi connectivity index (χ2n) is 4.24. The highest BCUT2D eigenvalue weighted by atomic mass is 79.9. The van der Waals surface area contributed by atoms with Gasteiger partial charge in [-0.05, 0) is 23.8 Å². The summed E-state index contributed by atoms with van der Waals surface area (Å²) in [4.78, 5) is 0. The third-order valence-electron chi connectivity index (χ3n) is 2.79. The molecule has 4 nitrogen and oxygen atoms in total. The largest absolute Gasteiger partial charge is 0.488 e. The Morgan fingerprint density at radius 1 is 1.44 bits per heavy atom. The van der Waals surface area contributed by atoms with Gasteiger partial charge in [-0.2, -0.15) is 0 Å². The van der Waals surface area contributed by atoms with Gasteiger partial charge >= 0.3 is 0 Å². The minimum absolute atomic E-state index is 0.0793. The van der Waals surface area contributed by atoms with Gasteiger partial charge in [0.1, 0.15) is 11.9 Å². The zero-order valence-electron chi connectivity index (χ0n) is 10.2. The smallest absolute Gasteiger partial charge is 0.123 e. The van der Waals surface area contributed by atoms with Crippen molar-refractivity contribution in [2.75, 3.05) is 32.9 Å². The Labute approximate surface area is 115 Å². The van der Waals surface area contributed by atoms with Crippen LogP contribution in [0.1, 0.15) is 5.56 Å². The number of aliphatic hydroxyl groups excluding tert-OH is 1. The molecular formula is C13H18BrNO3. The molecule has 1 aromatic carbocycles. The molecule has 1 aliphatic heterocycles. The van der Waals surface area contributed by atoms with Crippen LogP contribution in [0.15, 0.2) is 22.7 Å². The van der Waals surface area contributed by atoms with Crippen LogP contribution in [-0.4, -0.2) is 44.1 Å². The molecule has 0 bridgehead atoms. The van der Waals surface area contributed by atoms with Gasteiger partial charge in [0.25, 0.3) is 0 Å². The van der Waals surface area contributed by atoms with Crippen LogP contribution >= 0.6 is 15.9 Å². The van der Waals surface area contributed by atoms with Crippen molar-refractivity contribution in [3.63, 3.8) is 0 Å². The van der Waals surface area contributed by atoms with Crippen LogP contribution in [0.2, 0.25) is 0 Å². The van der Waals surface area contributed by atoms with Gasteiger partial charge < -0.3 is 19.9 Å². The summed E-state index contributed by atoms with van der Waals surface area (Å²) in [7, 11) is 0. The lowest BCUT2D eigenvalue weighted by atomic mass is 10.1. The quantitative estimate of drug-likeness (QED) is 0.746. The molecule has 2 N–H and O–H groups in total. The summed E-state index contributed by atoms with van der Waals surface area (Å²) in [6, 6.07) is 6.11. The van der Waals surface area contributed by atoms with E-state index in [4.69, 9.17) is 14.6 Å². The van der Waals surface area contributed by atoms with E-state index in [1.807, 2.05) is 12.1 Å². The van der Waals surface area contributed by atoms with Crippen molar-refractivity contribution in [3.05, 3.63) is 28.2 Å². The molecule has 1 heterocycles. The van der Waals surface area contributed by atoms with E-state index in [9.17, 15) is 0 Å². The predicted octanol–water partition coefficient (Wildman–Crippen LogP) is 1.35. The van der Waals surface area contributed by atoms with Gasteiger partial charge in [0.15, 0.2) is 0 Å². The van der Waals surface area contributed by atoms with Crippen molar-refractivity contribution in [1.29, 1.82) is 0 Å². The van der Waals surface area contributed by atoms with Crippen LogP contribution in [-0.2, 0) is 11.2 Å². The highest BCUT2D eigenvalue weighted by Gasteiger charge is 2.22. The number of fused-ring (bicyclic) bond motifs is 1. The number of ether oxygens (including phenoxy) is 2. The average Bonchev–Trinajstić information content (AvgIpc) is 2.75. The first-order valence-electron chi connectivity index (χ1n) is 6.14. The maximum Gasteiger partial charge on any atom is 0.123 e. The van der Waals surface area contributed by atoms with Gasteiger partial charge in [0.05, 0.1) is 19.8 Å². The van der Waals surface area contributed by atoms with E-state index in [1.165, 1.54) is 5.56 Å². The van der Waals surface area contributed by atoms with Crippen molar-refractivity contribution in [2.45, 2.75) is 12.5 Å². The normalized spacial score (nSPS) is 17.6. The van der Waals surface area contributed by atoms with Gasteiger partial charge in [-0.3, -0.25) is 0 Å². The summed E-state index contributed by atoms with van der Waals surface area (Å²) >= 11 is 3.46. The van der Waals surface area contributed by atoms with E-state index >= 15 is 0 Å². The highest BCUT2D eigenvalue weighted by Crippen LogP contribution is 2.30. The third kappa shape index (κ3) is 3.95. The molecule has 5 heteroatoms. The fraction of sp³-hybridized carbons (Fsp3) is 0.538. The standard InChI is InChI=1S/C13H18BrNO3/c14-11-1-2-13-10(7-11)8-12(18-13)9-15-3-5-17-6-4-16/h1-2,7,12,15-16H,3-6,8-9H2. The maximum atomic E-state index is 8.55. The fourth-order valence-corrected chi connectivity index (χ4v) is 2.39. The first-order chi connectivity index (χ1) is 8.79. The van der Waals surface area contributed by atoms with E-state index < -0.39 is 0 Å². The second-order valence-corrected chi connectivity index (χ2v) is 5.15. The molecular weight excluding hydrogens is 298 g/mol. The predicted molar refractivity (Wildman–Crippen MR) is 73.0 cm³/mol. The van der Waals surface area contributed by atoms with Gasteiger partial charge in [-0.25, -0.2) is 0 Å². The molecule has 18 heavy (non-hydrogen) atoms. The second kappa shape index (κ2) is 7.09. The van der Waals surface area contributed by atoms with Gasteiger partial charge in [-0.15, -0.1) is 0 Å². The molecule has 0 aliphatic carbocycles. The Hall–Kier alpha value is -0.620. The summed E-state index contributed by atoms with van der Waals surface area (Å²) in [5.74, 6) is 0.988. The summed E-state index contributed by atoms with van der Waals surface area (Å²) < 4.78 is 12.1. The Bertz CT molecular complexity index is 386. The molecule has 1 atom stereocenters. The molecule has 0 saturated heterocycles. The topological polar surface area (TPSA) is 50.7 Å². The number of hydrogen-bond acceptors (Lipinski definition) is 4. The van der Waals surface area contributed by atoms with E-state index in [0.29, 0.717) is 13.2 Å². The number of halogens is 1. The van der Waals surface area contributed by atoms with Crippen LogP contribution in [0.3, 0.4) is 0 Å². The SMILES string of the molecule is OCCOCCNCC1Cc2cc(Br)ccc2O1. The molecule has 1 aromatic rings. The lowest BCUT2D eigenvalue weighted by Crippen LogP contribution is -2.32. The number of nitrogens with one attached hydrogen (secondary N) is 1. The maximum absolute atomic E-state index is 8.55. The minimum atomic E-state index is 0.0793. The Kier molecular flexibility index (Phi) is 5.44. The lowest BCUT2D eigenvalue weighted by molar-refractivity contribution is 0.0924. The van der Waals surface area contributed by atoms with Crippen molar-refractivity contribution >= 4 is 15.9 Å². The molecule has 2 rings (SSSR count). The molecule has 1 aliphatic rings. The number of aliphatic hydroxyl groups is 1. The van der Waals surface area contributed by atoms with Gasteiger partial charge in [0, 0.05) is 24.0 Å². The Balaban J connectivity index is 1.65. The zero-order valence-corrected chi connectivity index (χ0v) is 11.8. The van der Waals surface area contributed by atoms with Crippen LogP contribution in [0.4, 0.5) is 0 Å². The summed E-state index contributed by atoms with van der Waals surface area (Å²) in [5.41, 5.74) is 1.26. The first kappa shape index (κ1) is 13.8. The molecule has 0 saturated carbocycles. The number of hydrogen-bond donors (Lipinski definition) is 2.